The first kappa shape index (κ1) is 15.8. The van der Waals surface area contributed by atoms with Crippen molar-refractivity contribution in [1.82, 2.24) is 0 Å². The van der Waals surface area contributed by atoms with Gasteiger partial charge in [-0.15, -0.1) is 0 Å². The van der Waals surface area contributed by atoms with Crippen LogP contribution in [0.1, 0.15) is 16.7 Å². The lowest BCUT2D eigenvalue weighted by Gasteiger charge is -2.17. The topological polar surface area (TPSA) is 45.0 Å². The van der Waals surface area contributed by atoms with Gasteiger partial charge in [0.05, 0.1) is 16.4 Å². The first-order valence-electron chi connectivity index (χ1n) is 7.96. The second kappa shape index (κ2) is 6.28. The van der Waals surface area contributed by atoms with Crippen LogP contribution in [0.3, 0.4) is 0 Å². The molecule has 0 fully saturated rings. The maximum atomic E-state index is 11.1. The Hall–Kier alpha value is -2.75. The van der Waals surface area contributed by atoms with Gasteiger partial charge < -0.3 is 5.11 Å². The van der Waals surface area contributed by atoms with Crippen LogP contribution in [0.2, 0.25) is 5.02 Å². The molecule has 0 bridgehead atoms. The molecule has 0 saturated carbocycles. The zero-order valence-electron chi connectivity index (χ0n) is 13.3. The fourth-order valence-corrected chi connectivity index (χ4v) is 3.15. The first-order valence-corrected chi connectivity index (χ1v) is 8.33. The van der Waals surface area contributed by atoms with Crippen molar-refractivity contribution in [2.24, 2.45) is 9.98 Å². The van der Waals surface area contributed by atoms with Gasteiger partial charge in [0.15, 0.2) is 0 Å². The summed E-state index contributed by atoms with van der Waals surface area (Å²) in [6, 6.07) is 26.5. The predicted molar refractivity (Wildman–Crippen MR) is 101 cm³/mol. The normalized spacial score (nSPS) is 15.6. The summed E-state index contributed by atoms with van der Waals surface area (Å²) in [6.07, 6.45) is 0. The van der Waals surface area contributed by atoms with Gasteiger partial charge in [0, 0.05) is 16.7 Å². The number of hydrogen-bond acceptors (Lipinski definition) is 3. The van der Waals surface area contributed by atoms with Crippen molar-refractivity contribution >= 4 is 23.0 Å². The standard InChI is InChI=1S/C21H15ClN2O/c22-18-14-8-7-13-17(18)21(25)23-19(15-9-3-1-4-10-15)20(24-21)16-11-5-2-6-12-16/h1-14,25H. The van der Waals surface area contributed by atoms with E-state index >= 15 is 0 Å². The minimum Gasteiger partial charge on any atom is -0.347 e. The molecule has 0 amide bonds. The Kier molecular flexibility index (Phi) is 3.96. The lowest BCUT2D eigenvalue weighted by atomic mass is 10.0. The molecule has 3 aromatic carbocycles. The lowest BCUT2D eigenvalue weighted by Crippen LogP contribution is -2.18. The number of aliphatic imine (C=N–C) groups is 2. The maximum Gasteiger partial charge on any atom is 0.284 e. The monoisotopic (exact) mass is 346 g/mol. The van der Waals surface area contributed by atoms with Gasteiger partial charge in [0.2, 0.25) is 0 Å². The van der Waals surface area contributed by atoms with Gasteiger partial charge in [0.25, 0.3) is 5.85 Å². The number of rotatable bonds is 3. The zero-order valence-corrected chi connectivity index (χ0v) is 14.1. The van der Waals surface area contributed by atoms with Crippen molar-refractivity contribution in [2.75, 3.05) is 0 Å². The molecule has 4 rings (SSSR count). The molecule has 0 aromatic heterocycles. The van der Waals surface area contributed by atoms with E-state index < -0.39 is 5.85 Å². The van der Waals surface area contributed by atoms with E-state index in [1.807, 2.05) is 72.8 Å². The second-order valence-electron chi connectivity index (χ2n) is 5.77. The molecule has 0 aliphatic carbocycles. The molecule has 1 aliphatic rings. The van der Waals surface area contributed by atoms with Crippen molar-refractivity contribution < 1.29 is 5.11 Å². The van der Waals surface area contributed by atoms with Crippen LogP contribution in [0.4, 0.5) is 0 Å². The van der Waals surface area contributed by atoms with Crippen molar-refractivity contribution in [3.8, 4) is 0 Å². The van der Waals surface area contributed by atoms with Crippen LogP contribution in [0.25, 0.3) is 0 Å². The van der Waals surface area contributed by atoms with Crippen LogP contribution in [-0.2, 0) is 5.85 Å². The van der Waals surface area contributed by atoms with Gasteiger partial charge >= 0.3 is 0 Å². The third kappa shape index (κ3) is 2.88. The highest BCUT2D eigenvalue weighted by Gasteiger charge is 2.38. The van der Waals surface area contributed by atoms with Crippen LogP contribution < -0.4 is 0 Å². The fraction of sp³-hybridized carbons (Fsp3) is 0.0476. The molecular formula is C21H15ClN2O. The average Bonchev–Trinajstić information content (AvgIpc) is 3.02. The largest absolute Gasteiger partial charge is 0.347 e. The molecule has 3 aromatic rings. The average molecular weight is 347 g/mol. The molecule has 0 radical (unpaired) electrons. The zero-order chi connectivity index (χ0) is 17.3. The van der Waals surface area contributed by atoms with Gasteiger partial charge in [-0.2, -0.15) is 0 Å². The fourth-order valence-electron chi connectivity index (χ4n) is 2.89. The van der Waals surface area contributed by atoms with E-state index in [0.29, 0.717) is 22.0 Å². The Bertz CT molecular complexity index is 910. The Morgan fingerprint density at radius 2 is 1.08 bits per heavy atom. The quantitative estimate of drug-likeness (QED) is 0.749. The van der Waals surface area contributed by atoms with Crippen LogP contribution >= 0.6 is 11.6 Å². The Morgan fingerprint density at radius 3 is 1.56 bits per heavy atom. The van der Waals surface area contributed by atoms with Crippen LogP contribution in [0.5, 0.6) is 0 Å². The van der Waals surface area contributed by atoms with Gasteiger partial charge in [-0.3, -0.25) is 0 Å². The molecule has 4 heteroatoms. The van der Waals surface area contributed by atoms with E-state index in [0.717, 1.165) is 11.1 Å². The summed E-state index contributed by atoms with van der Waals surface area (Å²) in [4.78, 5) is 9.13. The van der Waals surface area contributed by atoms with E-state index in [4.69, 9.17) is 11.6 Å². The first-order chi connectivity index (χ1) is 12.2. The van der Waals surface area contributed by atoms with E-state index in [-0.39, 0.29) is 0 Å². The third-order valence-corrected chi connectivity index (χ3v) is 4.42. The molecule has 122 valence electrons. The summed E-state index contributed by atoms with van der Waals surface area (Å²) in [6.45, 7) is 0. The molecule has 1 N–H and O–H groups in total. The highest BCUT2D eigenvalue weighted by atomic mass is 35.5. The van der Waals surface area contributed by atoms with E-state index in [1.54, 1.807) is 12.1 Å². The molecule has 0 unspecified atom stereocenters. The van der Waals surface area contributed by atoms with Crippen molar-refractivity contribution in [3.63, 3.8) is 0 Å². The van der Waals surface area contributed by atoms with Gasteiger partial charge in [0.1, 0.15) is 0 Å². The number of hydrogen-bond donors (Lipinski definition) is 1. The predicted octanol–water partition coefficient (Wildman–Crippen LogP) is 4.43. The number of halogens is 1. The summed E-state index contributed by atoms with van der Waals surface area (Å²) >= 11 is 6.28. The minimum absolute atomic E-state index is 0.430. The highest BCUT2D eigenvalue weighted by Crippen LogP contribution is 2.36. The lowest BCUT2D eigenvalue weighted by molar-refractivity contribution is 0.0604. The molecular weight excluding hydrogens is 332 g/mol. The van der Waals surface area contributed by atoms with Crippen molar-refractivity contribution in [1.29, 1.82) is 0 Å². The summed E-state index contributed by atoms with van der Waals surface area (Å²) in [5.74, 6) is -1.73. The summed E-state index contributed by atoms with van der Waals surface area (Å²) in [5, 5.41) is 11.6. The molecule has 25 heavy (non-hydrogen) atoms. The van der Waals surface area contributed by atoms with Gasteiger partial charge in [-0.1, -0.05) is 90.5 Å². The van der Waals surface area contributed by atoms with Gasteiger partial charge in [-0.25, -0.2) is 9.98 Å². The number of benzene rings is 3. The second-order valence-corrected chi connectivity index (χ2v) is 6.18. The summed E-state index contributed by atoms with van der Waals surface area (Å²) in [7, 11) is 0. The maximum absolute atomic E-state index is 11.1. The Labute approximate surface area is 151 Å². The van der Waals surface area contributed by atoms with Crippen molar-refractivity contribution in [2.45, 2.75) is 5.85 Å². The number of nitrogens with zero attached hydrogens (tertiary/aromatic N) is 2. The van der Waals surface area contributed by atoms with E-state index in [9.17, 15) is 5.11 Å². The Morgan fingerprint density at radius 1 is 0.640 bits per heavy atom. The Balaban J connectivity index is 1.92. The highest BCUT2D eigenvalue weighted by molar-refractivity contribution is 6.54. The molecule has 0 atom stereocenters. The SMILES string of the molecule is OC1(c2ccccc2Cl)N=C(c2ccccc2)C(c2ccccc2)=N1. The van der Waals surface area contributed by atoms with Gasteiger partial charge in [-0.05, 0) is 6.07 Å². The summed E-state index contributed by atoms with van der Waals surface area (Å²) in [5.41, 5.74) is 3.56. The summed E-state index contributed by atoms with van der Waals surface area (Å²) < 4.78 is 0. The van der Waals surface area contributed by atoms with Crippen molar-refractivity contribution in [3.05, 3.63) is 107 Å². The van der Waals surface area contributed by atoms with Crippen LogP contribution in [-0.4, -0.2) is 16.5 Å². The number of aliphatic hydroxyl groups is 1. The molecule has 0 saturated heterocycles. The molecule has 1 aliphatic heterocycles. The molecule has 1 heterocycles. The van der Waals surface area contributed by atoms with Crippen LogP contribution in [0.15, 0.2) is 94.9 Å². The third-order valence-electron chi connectivity index (χ3n) is 4.09. The van der Waals surface area contributed by atoms with E-state index in [2.05, 4.69) is 9.98 Å². The smallest absolute Gasteiger partial charge is 0.284 e. The van der Waals surface area contributed by atoms with E-state index in [1.165, 1.54) is 0 Å². The minimum atomic E-state index is -1.73. The molecule has 3 nitrogen and oxygen atoms in total. The van der Waals surface area contributed by atoms with Crippen LogP contribution in [0, 0.1) is 0 Å². The molecule has 0 spiro atoms.